The zero-order valence-corrected chi connectivity index (χ0v) is 4.24. The fraction of sp³-hybridized carbons (Fsp3) is 0. The van der Waals surface area contributed by atoms with Crippen molar-refractivity contribution in [3.05, 3.63) is 12.3 Å². The predicted octanol–water partition coefficient (Wildman–Crippen LogP) is -0.877. The quantitative estimate of drug-likeness (QED) is 0.497. The van der Waals surface area contributed by atoms with Crippen LogP contribution in [0.3, 0.4) is 0 Å². The van der Waals surface area contributed by atoms with Crippen LogP contribution in [0.5, 0.6) is 0 Å². The molecule has 0 N–H and O–H groups in total. The fourth-order valence-corrected chi connectivity index (χ4v) is 0. The van der Waals surface area contributed by atoms with Crippen molar-refractivity contribution in [2.45, 2.75) is 0 Å². The second-order valence-electron chi connectivity index (χ2n) is 0. The van der Waals surface area contributed by atoms with Crippen molar-refractivity contribution in [3.8, 4) is 0 Å². The van der Waals surface area contributed by atoms with E-state index in [0.29, 0.717) is 0 Å². The van der Waals surface area contributed by atoms with Crippen molar-refractivity contribution in [1.29, 1.82) is 0 Å². The Kier molecular flexibility index (Phi) is 1160. The molecule has 0 bridgehead atoms. The molecule has 0 aliphatic carbocycles. The molecule has 0 rings (SSSR count). The summed E-state index contributed by atoms with van der Waals surface area (Å²) in [6.07, 6.45) is 0. The van der Waals surface area contributed by atoms with E-state index >= 15 is 0 Å². The molecule has 24 valence electrons. The van der Waals surface area contributed by atoms with E-state index < -0.39 is 0 Å². The Balaban J connectivity index is 0. The van der Waals surface area contributed by atoms with E-state index in [1.165, 1.54) is 0 Å². The van der Waals surface area contributed by atoms with Crippen LogP contribution >= 0.6 is 0 Å². The summed E-state index contributed by atoms with van der Waals surface area (Å²) in [4.78, 5) is 0. The molecule has 0 spiro atoms. The Morgan fingerprint density at radius 3 is 0.750 bits per heavy atom. The summed E-state index contributed by atoms with van der Waals surface area (Å²) in [5, 5.41) is 0. The van der Waals surface area contributed by atoms with Gasteiger partial charge in [0.15, 0.2) is 0 Å². The van der Waals surface area contributed by atoms with Gasteiger partial charge in [0.2, 0.25) is 0 Å². The summed E-state index contributed by atoms with van der Waals surface area (Å²) in [5.41, 5.74) is 0. The number of hydrogen-bond acceptors (Lipinski definition) is 0. The van der Waals surface area contributed by atoms with E-state index in [-0.39, 0.29) is 44.3 Å². The molecular formula is H4N2SiW. The largest absolute Gasteiger partial charge is 6.00 e. The van der Waals surface area contributed by atoms with Gasteiger partial charge in [-0.1, -0.05) is 0 Å². The minimum absolute atomic E-state index is 0. The molecule has 4 heavy (non-hydrogen) atoms. The van der Waals surface area contributed by atoms with Gasteiger partial charge in [0, 0.05) is 0 Å². The van der Waals surface area contributed by atoms with Gasteiger partial charge in [-0.25, -0.2) is 0 Å². The summed E-state index contributed by atoms with van der Waals surface area (Å²) < 4.78 is 0. The first-order valence-electron chi connectivity index (χ1n) is 0. The third-order valence-corrected chi connectivity index (χ3v) is 0. The van der Waals surface area contributed by atoms with Crippen LogP contribution in [-0.2, 0) is 21.1 Å². The van der Waals surface area contributed by atoms with Crippen molar-refractivity contribution in [2.75, 3.05) is 0 Å². The van der Waals surface area contributed by atoms with Gasteiger partial charge in [-0.05, 0) is 11.0 Å². The van der Waals surface area contributed by atoms with Gasteiger partial charge in [-0.3, -0.25) is 0 Å². The Labute approximate surface area is 44.8 Å². The summed E-state index contributed by atoms with van der Waals surface area (Å²) in [6, 6.07) is 0. The molecule has 4 heteroatoms. The molecule has 0 saturated heterocycles. The molecular weight excluding hydrogens is 240 g/mol. The molecule has 2 nitrogen and oxygen atoms in total. The first kappa shape index (κ1) is 104. The molecule has 0 amide bonds. The Bertz CT molecular complexity index is 6.00. The van der Waals surface area contributed by atoms with Crippen LogP contribution < -0.4 is 0 Å². The minimum atomic E-state index is 0. The molecule has 0 heterocycles. The average Bonchev–Trinajstić information content (AvgIpc) is 0. The second kappa shape index (κ2) is 44.8. The van der Waals surface area contributed by atoms with Crippen LogP contribution in [0.1, 0.15) is 0 Å². The molecule has 0 aromatic rings. The average molecular weight is 244 g/mol. The van der Waals surface area contributed by atoms with Crippen LogP contribution in [0.2, 0.25) is 0 Å². The number of hydrogen-bond donors (Lipinski definition) is 0. The molecule has 0 fully saturated rings. The summed E-state index contributed by atoms with van der Waals surface area (Å²) in [7, 11) is 0. The van der Waals surface area contributed by atoms with Crippen molar-refractivity contribution in [2.24, 2.45) is 0 Å². The van der Waals surface area contributed by atoms with E-state index in [1.807, 2.05) is 0 Å². The molecule has 0 aliphatic rings. The molecule has 0 aliphatic heterocycles. The number of nitrogens with zero attached hydrogens (tertiary/aromatic N) is 2. The molecule has 0 atom stereocenters. The van der Waals surface area contributed by atoms with E-state index in [0.717, 1.165) is 0 Å². The maximum Gasteiger partial charge on any atom is 6.00 e. The van der Waals surface area contributed by atoms with Gasteiger partial charge in [0.05, 0.1) is 0 Å². The Morgan fingerprint density at radius 2 is 0.750 bits per heavy atom. The molecule has 0 aromatic carbocycles. The van der Waals surface area contributed by atoms with Gasteiger partial charge in [0.25, 0.3) is 0 Å². The van der Waals surface area contributed by atoms with E-state index in [2.05, 4.69) is 0 Å². The first-order chi connectivity index (χ1) is 0. The van der Waals surface area contributed by atoms with Gasteiger partial charge in [-0.15, -0.1) is 0 Å². The van der Waals surface area contributed by atoms with Gasteiger partial charge in [-0.2, -0.15) is 0 Å². The van der Waals surface area contributed by atoms with Crippen LogP contribution in [0.25, 0.3) is 12.3 Å². The van der Waals surface area contributed by atoms with Gasteiger partial charge < -0.3 is 12.3 Å². The van der Waals surface area contributed by atoms with Crippen molar-refractivity contribution in [3.63, 3.8) is 0 Å². The van der Waals surface area contributed by atoms with Crippen LogP contribution in [0.4, 0.5) is 0 Å². The SMILES string of the molecule is [N-3].[N-3].[SiH4].[W+6]. The summed E-state index contributed by atoms with van der Waals surface area (Å²) in [6.45, 7) is 0. The van der Waals surface area contributed by atoms with E-state index in [4.69, 9.17) is 0 Å². The van der Waals surface area contributed by atoms with Crippen LogP contribution in [0.15, 0.2) is 0 Å². The smallest absolute Gasteiger partial charge is 3.00 e. The molecule has 0 aromatic heterocycles. The minimum Gasteiger partial charge on any atom is -3.00 e. The van der Waals surface area contributed by atoms with Crippen molar-refractivity contribution < 1.29 is 21.1 Å². The zero-order chi connectivity index (χ0) is 0. The maximum atomic E-state index is 0. The van der Waals surface area contributed by atoms with E-state index in [9.17, 15) is 0 Å². The second-order valence-corrected chi connectivity index (χ2v) is 0. The van der Waals surface area contributed by atoms with Crippen LogP contribution in [0, 0.1) is 0 Å². The fourth-order valence-electron chi connectivity index (χ4n) is 0. The van der Waals surface area contributed by atoms with Crippen LogP contribution in [-0.4, -0.2) is 11.0 Å². The summed E-state index contributed by atoms with van der Waals surface area (Å²) in [5.74, 6) is 0. The third-order valence-electron chi connectivity index (χ3n) is 0. The third kappa shape index (κ3) is 13.8. The topological polar surface area (TPSA) is 61.0 Å². The predicted molar refractivity (Wildman–Crippen MR) is 18.1 cm³/mol. The monoisotopic (exact) mass is 244 g/mol. The van der Waals surface area contributed by atoms with Gasteiger partial charge in [0.1, 0.15) is 0 Å². The normalized spacial score (nSPS) is 0. The summed E-state index contributed by atoms with van der Waals surface area (Å²) >= 11 is 0. The first-order valence-corrected chi connectivity index (χ1v) is 0. The van der Waals surface area contributed by atoms with Gasteiger partial charge >= 0.3 is 21.1 Å². The number of rotatable bonds is 0. The molecule has 0 saturated carbocycles. The Morgan fingerprint density at radius 1 is 0.750 bits per heavy atom. The Hall–Kier alpha value is 0.825. The molecule has 0 radical (unpaired) electrons. The standard InChI is InChI=1S/2N.H4Si.W/h;;1H4;/q2*-3;;+6. The van der Waals surface area contributed by atoms with Crippen molar-refractivity contribution >= 4 is 11.0 Å². The molecule has 0 unspecified atom stereocenters. The maximum absolute atomic E-state index is 0. The van der Waals surface area contributed by atoms with E-state index in [1.54, 1.807) is 0 Å². The van der Waals surface area contributed by atoms with Crippen molar-refractivity contribution in [1.82, 2.24) is 0 Å². The zero-order valence-electron chi connectivity index (χ0n) is 1.30.